The zero-order valence-corrected chi connectivity index (χ0v) is 15.9. The second kappa shape index (κ2) is 7.48. The Hall–Kier alpha value is -3.74. The van der Waals surface area contributed by atoms with Gasteiger partial charge in [0.15, 0.2) is 5.56 Å². The van der Waals surface area contributed by atoms with Gasteiger partial charge in [0.25, 0.3) is 5.56 Å². The van der Waals surface area contributed by atoms with Crippen molar-refractivity contribution in [3.8, 4) is 17.5 Å². The third-order valence-electron chi connectivity index (χ3n) is 4.36. The lowest BCUT2D eigenvalue weighted by Gasteiger charge is -2.22. The van der Waals surface area contributed by atoms with Crippen LogP contribution in [-0.2, 0) is 14.1 Å². The molecule has 0 aliphatic heterocycles. The highest BCUT2D eigenvalue weighted by molar-refractivity contribution is 5.54. The zero-order valence-electron chi connectivity index (χ0n) is 15.9. The summed E-state index contributed by atoms with van der Waals surface area (Å²) in [5.41, 5.74) is -0.686. The number of hydrogen-bond donors (Lipinski definition) is 1. The van der Waals surface area contributed by atoms with Crippen LogP contribution in [0.1, 0.15) is 31.3 Å². The van der Waals surface area contributed by atoms with E-state index in [0.717, 1.165) is 4.57 Å². The maximum atomic E-state index is 12.3. The van der Waals surface area contributed by atoms with Crippen molar-refractivity contribution < 1.29 is 4.52 Å². The van der Waals surface area contributed by atoms with Crippen LogP contribution >= 0.6 is 0 Å². The molecule has 144 valence electrons. The lowest BCUT2D eigenvalue weighted by molar-refractivity contribution is 0.335. The normalized spacial score (nSPS) is 12.0. The lowest BCUT2D eigenvalue weighted by atomic mass is 10.0. The van der Waals surface area contributed by atoms with Gasteiger partial charge in [-0.25, -0.2) is 4.79 Å². The predicted octanol–water partition coefficient (Wildman–Crippen LogP) is 1.21. The van der Waals surface area contributed by atoms with Gasteiger partial charge >= 0.3 is 5.69 Å². The Morgan fingerprint density at radius 2 is 2.00 bits per heavy atom. The maximum absolute atomic E-state index is 12.3. The van der Waals surface area contributed by atoms with Crippen LogP contribution in [0.15, 0.2) is 38.6 Å². The Bertz CT molecular complexity index is 1150. The molecule has 0 saturated carbocycles. The quantitative estimate of drug-likeness (QED) is 0.697. The standard InChI is InChI=1S/C18H19N7O3/c1-10(2)13(16-22-14(23-28-16)11-6-5-7-20-9-11)21-15-12(8-19)17(26)25(4)18(27)24(15)3/h5-7,9-10,13,21H,1-4H3. The van der Waals surface area contributed by atoms with Gasteiger partial charge in [0.1, 0.15) is 17.9 Å². The summed E-state index contributed by atoms with van der Waals surface area (Å²) in [7, 11) is 2.81. The fraction of sp³-hybridized carbons (Fsp3) is 0.333. The van der Waals surface area contributed by atoms with Crippen molar-refractivity contribution in [1.29, 1.82) is 5.26 Å². The van der Waals surface area contributed by atoms with Gasteiger partial charge in [-0.05, 0) is 18.1 Å². The number of rotatable bonds is 5. The molecule has 3 aromatic heterocycles. The first-order chi connectivity index (χ1) is 13.3. The van der Waals surface area contributed by atoms with Crippen LogP contribution in [0, 0.1) is 17.2 Å². The van der Waals surface area contributed by atoms with E-state index in [-0.39, 0.29) is 23.2 Å². The molecule has 0 radical (unpaired) electrons. The monoisotopic (exact) mass is 381 g/mol. The lowest BCUT2D eigenvalue weighted by Crippen LogP contribution is -2.40. The molecule has 1 N–H and O–H groups in total. The Morgan fingerprint density at radius 3 is 2.61 bits per heavy atom. The van der Waals surface area contributed by atoms with Gasteiger partial charge in [0.2, 0.25) is 11.7 Å². The van der Waals surface area contributed by atoms with Gasteiger partial charge in [0, 0.05) is 32.1 Å². The van der Waals surface area contributed by atoms with Crippen molar-refractivity contribution in [2.24, 2.45) is 20.0 Å². The molecule has 1 atom stereocenters. The minimum Gasteiger partial charge on any atom is -0.358 e. The van der Waals surface area contributed by atoms with E-state index in [1.54, 1.807) is 24.5 Å². The van der Waals surface area contributed by atoms with E-state index in [1.807, 2.05) is 19.9 Å². The minimum atomic E-state index is -0.669. The highest BCUT2D eigenvalue weighted by Crippen LogP contribution is 2.27. The molecule has 0 aromatic carbocycles. The number of pyridine rings is 1. The molecule has 0 aliphatic rings. The number of anilines is 1. The summed E-state index contributed by atoms with van der Waals surface area (Å²) in [6.45, 7) is 3.83. The van der Waals surface area contributed by atoms with Gasteiger partial charge < -0.3 is 9.84 Å². The Balaban J connectivity index is 2.05. The van der Waals surface area contributed by atoms with E-state index in [1.165, 1.54) is 18.7 Å². The third-order valence-corrected chi connectivity index (χ3v) is 4.36. The average molecular weight is 381 g/mol. The van der Waals surface area contributed by atoms with Gasteiger partial charge in [-0.2, -0.15) is 10.2 Å². The second-order valence-corrected chi connectivity index (χ2v) is 6.61. The molecule has 0 spiro atoms. The molecule has 10 nitrogen and oxygen atoms in total. The minimum absolute atomic E-state index is 0.0482. The summed E-state index contributed by atoms with van der Waals surface area (Å²) < 4.78 is 7.51. The summed E-state index contributed by atoms with van der Waals surface area (Å²) in [6, 6.07) is 4.91. The predicted molar refractivity (Wildman–Crippen MR) is 100 cm³/mol. The van der Waals surface area contributed by atoms with Gasteiger partial charge in [-0.1, -0.05) is 19.0 Å². The van der Waals surface area contributed by atoms with Crippen molar-refractivity contribution in [1.82, 2.24) is 24.3 Å². The molecule has 1 unspecified atom stereocenters. The summed E-state index contributed by atoms with van der Waals surface area (Å²) in [4.78, 5) is 33.0. The molecule has 0 saturated heterocycles. The van der Waals surface area contributed by atoms with Crippen LogP contribution in [0.2, 0.25) is 0 Å². The highest BCUT2D eigenvalue weighted by Gasteiger charge is 2.26. The van der Waals surface area contributed by atoms with Crippen molar-refractivity contribution in [2.45, 2.75) is 19.9 Å². The number of nitrogens with zero attached hydrogens (tertiary/aromatic N) is 6. The van der Waals surface area contributed by atoms with Gasteiger partial charge in [0.05, 0.1) is 0 Å². The Morgan fingerprint density at radius 1 is 1.25 bits per heavy atom. The van der Waals surface area contributed by atoms with Crippen molar-refractivity contribution in [3.63, 3.8) is 0 Å². The molecule has 0 aliphatic carbocycles. The van der Waals surface area contributed by atoms with E-state index >= 15 is 0 Å². The molecule has 0 fully saturated rings. The van der Waals surface area contributed by atoms with Crippen molar-refractivity contribution in [2.75, 3.05) is 5.32 Å². The molecule has 3 aromatic rings. The van der Waals surface area contributed by atoms with Crippen LogP contribution in [0.3, 0.4) is 0 Å². The van der Waals surface area contributed by atoms with Crippen LogP contribution in [0.25, 0.3) is 11.4 Å². The number of hydrogen-bond acceptors (Lipinski definition) is 8. The van der Waals surface area contributed by atoms with Gasteiger partial charge in [-0.15, -0.1) is 0 Å². The topological polar surface area (TPSA) is 132 Å². The fourth-order valence-corrected chi connectivity index (χ4v) is 2.75. The molecule has 0 bridgehead atoms. The molecule has 3 rings (SSSR count). The van der Waals surface area contributed by atoms with Crippen LogP contribution in [0.4, 0.5) is 5.82 Å². The third kappa shape index (κ3) is 3.29. The van der Waals surface area contributed by atoms with E-state index in [9.17, 15) is 14.9 Å². The van der Waals surface area contributed by atoms with E-state index in [2.05, 4.69) is 20.4 Å². The van der Waals surface area contributed by atoms with E-state index < -0.39 is 17.3 Å². The number of aromatic nitrogens is 5. The Kier molecular flexibility index (Phi) is 5.08. The highest BCUT2D eigenvalue weighted by atomic mass is 16.5. The van der Waals surface area contributed by atoms with E-state index in [4.69, 9.17) is 4.52 Å². The van der Waals surface area contributed by atoms with Gasteiger partial charge in [-0.3, -0.25) is 18.9 Å². The van der Waals surface area contributed by atoms with Crippen LogP contribution < -0.4 is 16.6 Å². The largest absolute Gasteiger partial charge is 0.358 e. The van der Waals surface area contributed by atoms with E-state index in [0.29, 0.717) is 11.4 Å². The number of nitriles is 1. The first kappa shape index (κ1) is 19.0. The molecule has 10 heteroatoms. The molecule has 3 heterocycles. The molecule has 0 amide bonds. The smallest absolute Gasteiger partial charge is 0.332 e. The number of nitrogens with one attached hydrogen (secondary N) is 1. The average Bonchev–Trinajstić information content (AvgIpc) is 3.18. The van der Waals surface area contributed by atoms with Crippen molar-refractivity contribution >= 4 is 5.82 Å². The second-order valence-electron chi connectivity index (χ2n) is 6.61. The maximum Gasteiger partial charge on any atom is 0.332 e. The summed E-state index contributed by atoms with van der Waals surface area (Å²) in [5, 5.41) is 16.5. The first-order valence-electron chi connectivity index (χ1n) is 8.55. The first-order valence-corrected chi connectivity index (χ1v) is 8.55. The summed E-state index contributed by atoms with van der Waals surface area (Å²) in [6.07, 6.45) is 3.26. The van der Waals surface area contributed by atoms with Crippen LogP contribution in [0.5, 0.6) is 0 Å². The summed E-state index contributed by atoms with van der Waals surface area (Å²) >= 11 is 0. The Labute approximate surface area is 160 Å². The van der Waals surface area contributed by atoms with Crippen LogP contribution in [-0.4, -0.2) is 24.3 Å². The molecular weight excluding hydrogens is 362 g/mol. The van der Waals surface area contributed by atoms with Crippen molar-refractivity contribution in [3.05, 3.63) is 56.8 Å². The molecular formula is C18H19N7O3. The zero-order chi connectivity index (χ0) is 20.4. The SMILES string of the molecule is CC(C)C(Nc1c(C#N)c(=O)n(C)c(=O)n1C)c1nc(-c2cccnc2)no1. The fourth-order valence-electron chi connectivity index (χ4n) is 2.75. The summed E-state index contributed by atoms with van der Waals surface area (Å²) in [5.74, 6) is 0.697. The molecule has 28 heavy (non-hydrogen) atoms.